The van der Waals surface area contributed by atoms with Crippen molar-refractivity contribution >= 4 is 11.6 Å². The van der Waals surface area contributed by atoms with E-state index in [-0.39, 0.29) is 11.2 Å². The Morgan fingerprint density at radius 1 is 1.07 bits per heavy atom. The van der Waals surface area contributed by atoms with Crippen molar-refractivity contribution < 1.29 is 9.59 Å². The summed E-state index contributed by atoms with van der Waals surface area (Å²) in [5, 5.41) is 0. The van der Waals surface area contributed by atoms with Crippen LogP contribution in [0.15, 0.2) is 34.9 Å². The monoisotopic (exact) mass is 414 g/mol. The Labute approximate surface area is 186 Å². The highest BCUT2D eigenvalue weighted by Crippen LogP contribution is 2.47. The van der Waals surface area contributed by atoms with Crippen LogP contribution in [-0.4, -0.2) is 11.6 Å². The lowest BCUT2D eigenvalue weighted by Gasteiger charge is -2.43. The van der Waals surface area contributed by atoms with Crippen molar-refractivity contribution in [1.82, 2.24) is 0 Å². The van der Waals surface area contributed by atoms with Crippen LogP contribution in [0.2, 0.25) is 0 Å². The van der Waals surface area contributed by atoms with Crippen LogP contribution >= 0.6 is 0 Å². The quantitative estimate of drug-likeness (QED) is 0.338. The van der Waals surface area contributed by atoms with Gasteiger partial charge >= 0.3 is 0 Å². The van der Waals surface area contributed by atoms with Crippen LogP contribution in [0.25, 0.3) is 0 Å². The van der Waals surface area contributed by atoms with Gasteiger partial charge in [0.2, 0.25) is 0 Å². The minimum absolute atomic E-state index is 0.129. The van der Waals surface area contributed by atoms with Gasteiger partial charge in [-0.05, 0) is 93.6 Å². The standard InChI is InChI=1S/C14H24O.C14H22O/c2*1-10-6-7-11(2)14(4,5)13(10)9-8-12(3)15/h6,11,13H,7-9H2,1-5H3;8-9,11H,6-7H2,1-5H3/b;9-8+. The molecular weight excluding hydrogens is 368 g/mol. The van der Waals surface area contributed by atoms with Gasteiger partial charge in [-0.1, -0.05) is 64.8 Å². The summed E-state index contributed by atoms with van der Waals surface area (Å²) in [6, 6.07) is 0. The molecule has 30 heavy (non-hydrogen) atoms. The van der Waals surface area contributed by atoms with E-state index >= 15 is 0 Å². The maximum atomic E-state index is 11.1. The van der Waals surface area contributed by atoms with Gasteiger partial charge in [0.05, 0.1) is 0 Å². The molecule has 2 nitrogen and oxygen atoms in total. The molecule has 2 aliphatic carbocycles. The molecule has 0 heterocycles. The second kappa shape index (κ2) is 10.7. The van der Waals surface area contributed by atoms with Crippen LogP contribution in [0.5, 0.6) is 0 Å². The van der Waals surface area contributed by atoms with Gasteiger partial charge in [0.25, 0.3) is 0 Å². The molecule has 0 aromatic carbocycles. The molecule has 0 radical (unpaired) electrons. The van der Waals surface area contributed by atoms with E-state index in [9.17, 15) is 9.59 Å². The first-order valence-corrected chi connectivity index (χ1v) is 11.8. The van der Waals surface area contributed by atoms with Crippen LogP contribution in [0, 0.1) is 28.6 Å². The number of carbonyl (C=O) groups is 2. The summed E-state index contributed by atoms with van der Waals surface area (Å²) in [4.78, 5) is 22.0. The van der Waals surface area contributed by atoms with Crippen molar-refractivity contribution in [2.45, 2.75) is 101 Å². The van der Waals surface area contributed by atoms with Crippen LogP contribution in [0.4, 0.5) is 0 Å². The molecular formula is C28H46O2. The highest BCUT2D eigenvalue weighted by atomic mass is 16.1. The van der Waals surface area contributed by atoms with Crippen molar-refractivity contribution in [3.8, 4) is 0 Å². The number of ketones is 2. The van der Waals surface area contributed by atoms with Crippen molar-refractivity contribution in [2.75, 3.05) is 0 Å². The van der Waals surface area contributed by atoms with Crippen LogP contribution in [-0.2, 0) is 9.59 Å². The van der Waals surface area contributed by atoms with Gasteiger partial charge in [0, 0.05) is 6.42 Å². The molecule has 0 aromatic heterocycles. The highest BCUT2D eigenvalue weighted by molar-refractivity contribution is 5.87. The maximum Gasteiger partial charge on any atom is 0.152 e. The Morgan fingerprint density at radius 3 is 2.20 bits per heavy atom. The van der Waals surface area contributed by atoms with Gasteiger partial charge in [-0.25, -0.2) is 0 Å². The van der Waals surface area contributed by atoms with E-state index in [1.165, 1.54) is 36.0 Å². The fourth-order valence-electron chi connectivity index (χ4n) is 4.99. The average molecular weight is 415 g/mol. The van der Waals surface area contributed by atoms with E-state index in [0.29, 0.717) is 23.0 Å². The molecule has 2 aliphatic rings. The highest BCUT2D eigenvalue weighted by Gasteiger charge is 2.37. The maximum absolute atomic E-state index is 11.1. The number of hydrogen-bond acceptors (Lipinski definition) is 2. The third-order valence-corrected chi connectivity index (χ3v) is 8.12. The van der Waals surface area contributed by atoms with Crippen LogP contribution < -0.4 is 0 Å². The molecule has 2 rings (SSSR count). The predicted octanol–water partition coefficient (Wildman–Crippen LogP) is 7.89. The lowest BCUT2D eigenvalue weighted by Crippen LogP contribution is -2.34. The molecule has 0 N–H and O–H groups in total. The van der Waals surface area contributed by atoms with E-state index in [1.807, 2.05) is 6.08 Å². The molecule has 0 saturated carbocycles. The third kappa shape index (κ3) is 6.79. The summed E-state index contributed by atoms with van der Waals surface area (Å²) in [6.45, 7) is 21.6. The van der Waals surface area contributed by atoms with Gasteiger partial charge in [0.15, 0.2) is 5.78 Å². The van der Waals surface area contributed by atoms with Gasteiger partial charge < -0.3 is 4.79 Å². The van der Waals surface area contributed by atoms with Crippen LogP contribution in [0.3, 0.4) is 0 Å². The SMILES string of the molecule is CC(=O)/C=C/C1=C(C)CCC(C)C1(C)C.CC(=O)CCC1C(C)=CCC(C)C1(C)C. The summed E-state index contributed by atoms with van der Waals surface area (Å²) in [5.41, 5.74) is 4.83. The van der Waals surface area contributed by atoms with Crippen molar-refractivity contribution in [2.24, 2.45) is 28.6 Å². The van der Waals surface area contributed by atoms with Crippen molar-refractivity contribution in [3.05, 3.63) is 34.9 Å². The number of Topliss-reactive ketones (excluding diaryl/α,β-unsaturated/α-hetero) is 1. The van der Waals surface area contributed by atoms with E-state index in [1.54, 1.807) is 19.9 Å². The second-order valence-electron chi connectivity index (χ2n) is 11.0. The fourth-order valence-corrected chi connectivity index (χ4v) is 4.99. The smallest absolute Gasteiger partial charge is 0.152 e. The van der Waals surface area contributed by atoms with Gasteiger partial charge in [-0.3, -0.25) is 4.79 Å². The van der Waals surface area contributed by atoms with E-state index in [2.05, 4.69) is 61.5 Å². The number of hydrogen-bond donors (Lipinski definition) is 0. The molecule has 170 valence electrons. The van der Waals surface area contributed by atoms with E-state index in [0.717, 1.165) is 18.8 Å². The number of rotatable bonds is 5. The minimum atomic E-state index is 0.129. The Kier molecular flexibility index (Phi) is 9.52. The Morgan fingerprint density at radius 2 is 1.67 bits per heavy atom. The summed E-state index contributed by atoms with van der Waals surface area (Å²) < 4.78 is 0. The minimum Gasteiger partial charge on any atom is -0.300 e. The predicted molar refractivity (Wildman–Crippen MR) is 129 cm³/mol. The van der Waals surface area contributed by atoms with Crippen LogP contribution in [0.1, 0.15) is 101 Å². The zero-order valence-corrected chi connectivity index (χ0v) is 21.3. The second-order valence-corrected chi connectivity index (χ2v) is 11.0. The summed E-state index contributed by atoms with van der Waals surface area (Å²) >= 11 is 0. The zero-order chi connectivity index (χ0) is 23.3. The molecule has 0 fully saturated rings. The largest absolute Gasteiger partial charge is 0.300 e. The normalized spacial score (nSPS) is 27.9. The summed E-state index contributed by atoms with van der Waals surface area (Å²) in [6.07, 6.45) is 11.4. The van der Waals surface area contributed by atoms with Gasteiger partial charge in [0.1, 0.15) is 5.78 Å². The molecule has 0 spiro atoms. The molecule has 2 heteroatoms. The number of carbonyl (C=O) groups excluding carboxylic acids is 2. The Bertz CT molecular complexity index is 715. The molecule has 3 atom stereocenters. The summed E-state index contributed by atoms with van der Waals surface area (Å²) in [5.74, 6) is 2.44. The summed E-state index contributed by atoms with van der Waals surface area (Å²) in [7, 11) is 0. The lowest BCUT2D eigenvalue weighted by molar-refractivity contribution is -0.117. The van der Waals surface area contributed by atoms with E-state index in [4.69, 9.17) is 0 Å². The van der Waals surface area contributed by atoms with Gasteiger partial charge in [-0.15, -0.1) is 0 Å². The Hall–Kier alpha value is -1.44. The van der Waals surface area contributed by atoms with E-state index < -0.39 is 0 Å². The lowest BCUT2D eigenvalue weighted by atomic mass is 9.62. The van der Waals surface area contributed by atoms with Crippen molar-refractivity contribution in [3.63, 3.8) is 0 Å². The Balaban J connectivity index is 0.000000300. The first-order valence-electron chi connectivity index (χ1n) is 11.8. The molecule has 0 aromatic rings. The average Bonchev–Trinajstić information content (AvgIpc) is 2.61. The first-order chi connectivity index (χ1) is 13.7. The molecule has 3 unspecified atom stereocenters. The molecule has 0 bridgehead atoms. The molecule has 0 amide bonds. The molecule has 0 aliphatic heterocycles. The number of allylic oxidation sites excluding steroid dienone is 6. The topological polar surface area (TPSA) is 34.1 Å². The zero-order valence-electron chi connectivity index (χ0n) is 21.3. The fraction of sp³-hybridized carbons (Fsp3) is 0.714. The first kappa shape index (κ1) is 26.6. The van der Waals surface area contributed by atoms with Gasteiger partial charge in [-0.2, -0.15) is 0 Å². The molecule has 0 saturated heterocycles. The third-order valence-electron chi connectivity index (χ3n) is 8.12. The van der Waals surface area contributed by atoms with Crippen molar-refractivity contribution in [1.29, 1.82) is 0 Å².